The number of ether oxygens (including phenoxy) is 3. The predicted octanol–water partition coefficient (Wildman–Crippen LogP) is 2.09. The van der Waals surface area contributed by atoms with Gasteiger partial charge in [-0.2, -0.15) is 0 Å². The van der Waals surface area contributed by atoms with Crippen molar-refractivity contribution in [2.24, 2.45) is 0 Å². The van der Waals surface area contributed by atoms with E-state index < -0.39 is 0 Å². The van der Waals surface area contributed by atoms with E-state index in [-0.39, 0.29) is 24.2 Å². The van der Waals surface area contributed by atoms with Crippen LogP contribution in [0.4, 0.5) is 0 Å². The number of likely N-dealkylation sites (tertiary alicyclic amines) is 1. The summed E-state index contributed by atoms with van der Waals surface area (Å²) in [6.45, 7) is 7.11. The van der Waals surface area contributed by atoms with Crippen LogP contribution in [0, 0.1) is 6.92 Å². The van der Waals surface area contributed by atoms with E-state index in [4.69, 9.17) is 14.2 Å². The van der Waals surface area contributed by atoms with E-state index in [1.807, 2.05) is 36.9 Å². The third-order valence-electron chi connectivity index (χ3n) is 4.91. The van der Waals surface area contributed by atoms with Crippen LogP contribution in [0.1, 0.15) is 37.6 Å². The van der Waals surface area contributed by atoms with Crippen LogP contribution < -0.4 is 0 Å². The van der Waals surface area contributed by atoms with Crippen LogP contribution in [0.25, 0.3) is 0 Å². The molecule has 1 aromatic rings. The fourth-order valence-electron chi connectivity index (χ4n) is 3.67. The molecule has 6 heteroatoms. The lowest BCUT2D eigenvalue weighted by atomic mass is 9.89. The monoisotopic (exact) mass is 348 g/mol. The second kappa shape index (κ2) is 8.25. The number of nitrogens with zero attached hydrogens (tertiary/aromatic N) is 2. The second-order valence-electron chi connectivity index (χ2n) is 6.96. The lowest BCUT2D eigenvalue weighted by Crippen LogP contribution is -2.51. The van der Waals surface area contributed by atoms with Crippen LogP contribution in [0.15, 0.2) is 18.2 Å². The highest BCUT2D eigenvalue weighted by molar-refractivity contribution is 5.77. The first-order valence-corrected chi connectivity index (χ1v) is 9.14. The zero-order valence-electron chi connectivity index (χ0n) is 15.2. The fraction of sp³-hybridized carbons (Fsp3) is 0.684. The Hall–Kier alpha value is -1.50. The Balaban J connectivity index is 1.51. The molecule has 0 aromatic carbocycles. The Bertz CT molecular complexity index is 595. The van der Waals surface area contributed by atoms with Gasteiger partial charge in [-0.15, -0.1) is 0 Å². The third kappa shape index (κ3) is 4.77. The molecule has 0 aliphatic carbocycles. The SMILES string of the molecule is CCOCC(=O)N1CCC[C@@]2(C[C@@H](OCc3cccc(C)n3)CO2)C1. The molecule has 25 heavy (non-hydrogen) atoms. The minimum atomic E-state index is -0.259. The Labute approximate surface area is 149 Å². The average molecular weight is 348 g/mol. The van der Waals surface area contributed by atoms with Crippen LogP contribution in [0.3, 0.4) is 0 Å². The highest BCUT2D eigenvalue weighted by atomic mass is 16.6. The molecule has 1 amide bonds. The molecule has 1 spiro atoms. The maximum Gasteiger partial charge on any atom is 0.248 e. The van der Waals surface area contributed by atoms with Crippen LogP contribution in [0.5, 0.6) is 0 Å². The van der Waals surface area contributed by atoms with E-state index in [0.717, 1.165) is 37.2 Å². The van der Waals surface area contributed by atoms with Crippen molar-refractivity contribution in [3.63, 3.8) is 0 Å². The van der Waals surface area contributed by atoms with Gasteiger partial charge < -0.3 is 19.1 Å². The molecule has 0 radical (unpaired) electrons. The number of pyridine rings is 1. The quantitative estimate of drug-likeness (QED) is 0.788. The van der Waals surface area contributed by atoms with E-state index >= 15 is 0 Å². The van der Waals surface area contributed by atoms with Gasteiger partial charge in [-0.3, -0.25) is 9.78 Å². The molecular weight excluding hydrogens is 320 g/mol. The second-order valence-corrected chi connectivity index (χ2v) is 6.96. The van der Waals surface area contributed by atoms with Gasteiger partial charge in [0.15, 0.2) is 0 Å². The summed E-state index contributed by atoms with van der Waals surface area (Å²) in [7, 11) is 0. The summed E-state index contributed by atoms with van der Waals surface area (Å²) in [5, 5.41) is 0. The van der Waals surface area contributed by atoms with E-state index in [1.54, 1.807) is 0 Å². The van der Waals surface area contributed by atoms with E-state index in [0.29, 0.717) is 26.4 Å². The number of carbonyl (C=O) groups is 1. The van der Waals surface area contributed by atoms with Gasteiger partial charge in [0.1, 0.15) is 6.61 Å². The first kappa shape index (κ1) is 18.3. The minimum absolute atomic E-state index is 0.0536. The summed E-state index contributed by atoms with van der Waals surface area (Å²) in [6.07, 6.45) is 2.83. The van der Waals surface area contributed by atoms with E-state index in [1.165, 1.54) is 0 Å². The first-order chi connectivity index (χ1) is 12.1. The molecule has 0 bridgehead atoms. The maximum absolute atomic E-state index is 12.2. The first-order valence-electron chi connectivity index (χ1n) is 9.14. The molecule has 2 saturated heterocycles. The van der Waals surface area contributed by atoms with E-state index in [2.05, 4.69) is 4.98 Å². The number of hydrogen-bond donors (Lipinski definition) is 0. The van der Waals surface area contributed by atoms with Crippen molar-refractivity contribution in [2.45, 2.75) is 51.4 Å². The average Bonchev–Trinajstić information content (AvgIpc) is 3.00. The van der Waals surface area contributed by atoms with Crippen molar-refractivity contribution in [3.05, 3.63) is 29.6 Å². The van der Waals surface area contributed by atoms with Crippen LogP contribution in [-0.4, -0.2) is 60.4 Å². The normalized spacial score (nSPS) is 26.3. The maximum atomic E-state index is 12.2. The standard InChI is InChI=1S/C19H28N2O4/c1-3-23-13-18(22)21-9-5-8-19(14-21)10-17(12-25-19)24-11-16-7-4-6-15(2)20-16/h4,6-7,17H,3,5,8-14H2,1-2H3/t17-,19-/m1/s1. The highest BCUT2D eigenvalue weighted by Crippen LogP contribution is 2.36. The molecular formula is C19H28N2O4. The summed E-state index contributed by atoms with van der Waals surface area (Å²) in [6, 6.07) is 5.96. The van der Waals surface area contributed by atoms with Gasteiger partial charge in [0, 0.05) is 31.8 Å². The highest BCUT2D eigenvalue weighted by Gasteiger charge is 2.44. The summed E-state index contributed by atoms with van der Waals surface area (Å²) < 4.78 is 17.4. The summed E-state index contributed by atoms with van der Waals surface area (Å²) in [5.74, 6) is 0.0536. The largest absolute Gasteiger partial charge is 0.372 e. The van der Waals surface area contributed by atoms with Crippen molar-refractivity contribution in [1.82, 2.24) is 9.88 Å². The number of aryl methyl sites for hydroxylation is 1. The van der Waals surface area contributed by atoms with Crippen LogP contribution in [0.2, 0.25) is 0 Å². The summed E-state index contributed by atoms with van der Waals surface area (Å²) in [4.78, 5) is 18.6. The molecule has 3 heterocycles. The van der Waals surface area contributed by atoms with Crippen molar-refractivity contribution in [1.29, 1.82) is 0 Å². The molecule has 3 rings (SSSR count). The Kier molecular flexibility index (Phi) is 6.04. The van der Waals surface area contributed by atoms with Crippen molar-refractivity contribution < 1.29 is 19.0 Å². The predicted molar refractivity (Wildman–Crippen MR) is 93.2 cm³/mol. The lowest BCUT2D eigenvalue weighted by molar-refractivity contribution is -0.143. The van der Waals surface area contributed by atoms with Crippen LogP contribution >= 0.6 is 0 Å². The lowest BCUT2D eigenvalue weighted by Gasteiger charge is -2.39. The molecule has 1 aromatic heterocycles. The molecule has 0 saturated carbocycles. The topological polar surface area (TPSA) is 60.9 Å². The van der Waals surface area contributed by atoms with Crippen molar-refractivity contribution in [2.75, 3.05) is 32.9 Å². The molecule has 6 nitrogen and oxygen atoms in total. The zero-order chi connectivity index (χ0) is 17.7. The summed E-state index contributed by atoms with van der Waals surface area (Å²) in [5.41, 5.74) is 1.68. The van der Waals surface area contributed by atoms with Crippen LogP contribution in [-0.2, 0) is 25.6 Å². The third-order valence-corrected chi connectivity index (χ3v) is 4.91. The number of hydrogen-bond acceptors (Lipinski definition) is 5. The van der Waals surface area contributed by atoms with Crippen molar-refractivity contribution >= 4 is 5.91 Å². The van der Waals surface area contributed by atoms with Gasteiger partial charge in [0.05, 0.1) is 30.6 Å². The zero-order valence-corrected chi connectivity index (χ0v) is 15.2. The molecule has 2 aliphatic heterocycles. The van der Waals surface area contributed by atoms with Gasteiger partial charge in [-0.25, -0.2) is 0 Å². The van der Waals surface area contributed by atoms with Gasteiger partial charge in [-0.1, -0.05) is 6.07 Å². The van der Waals surface area contributed by atoms with Gasteiger partial charge in [0.2, 0.25) is 5.91 Å². The van der Waals surface area contributed by atoms with E-state index in [9.17, 15) is 4.79 Å². The molecule has 2 aliphatic rings. The number of amides is 1. The number of carbonyl (C=O) groups excluding carboxylic acids is 1. The minimum Gasteiger partial charge on any atom is -0.372 e. The molecule has 2 fully saturated rings. The summed E-state index contributed by atoms with van der Waals surface area (Å²) >= 11 is 0. The number of rotatable bonds is 6. The van der Waals surface area contributed by atoms with Gasteiger partial charge >= 0.3 is 0 Å². The molecule has 138 valence electrons. The Morgan fingerprint density at radius 1 is 1.48 bits per heavy atom. The van der Waals surface area contributed by atoms with Crippen molar-refractivity contribution in [3.8, 4) is 0 Å². The van der Waals surface area contributed by atoms with Gasteiger partial charge in [0.25, 0.3) is 0 Å². The molecule has 0 unspecified atom stereocenters. The Morgan fingerprint density at radius 2 is 2.36 bits per heavy atom. The Morgan fingerprint density at radius 3 is 3.16 bits per heavy atom. The number of piperidine rings is 1. The molecule has 2 atom stereocenters. The smallest absolute Gasteiger partial charge is 0.248 e. The fourth-order valence-corrected chi connectivity index (χ4v) is 3.67. The number of aromatic nitrogens is 1. The molecule has 0 N–H and O–H groups in total. The van der Waals surface area contributed by atoms with Gasteiger partial charge in [-0.05, 0) is 38.8 Å².